The third kappa shape index (κ3) is 2.09. The van der Waals surface area contributed by atoms with Gasteiger partial charge in [0.05, 0.1) is 0 Å². The average molecular weight is 246 g/mol. The van der Waals surface area contributed by atoms with Gasteiger partial charge >= 0.3 is 0 Å². The predicted octanol–water partition coefficient (Wildman–Crippen LogP) is 3.95. The van der Waals surface area contributed by atoms with Gasteiger partial charge in [-0.2, -0.15) is 0 Å². The zero-order chi connectivity index (χ0) is 13.6. The van der Waals surface area contributed by atoms with E-state index in [1.165, 1.54) is 16.7 Å². The van der Waals surface area contributed by atoms with Gasteiger partial charge in [0.15, 0.2) is 0 Å². The molecule has 0 radical (unpaired) electrons. The van der Waals surface area contributed by atoms with E-state index >= 15 is 0 Å². The molecule has 0 unspecified atom stereocenters. The lowest BCUT2D eigenvalue weighted by molar-refractivity contribution is 0.162. The van der Waals surface area contributed by atoms with Gasteiger partial charge in [0.1, 0.15) is 0 Å². The molecule has 0 spiro atoms. The standard InChI is InChI=1S/C17H26O/c1-12-6-7-14-15(10-12)17(4,5)13(8-9-18)11-16(14,2)3/h6-7,10,13,18H,8-9,11H2,1-5H3/t13-/m1/s1. The predicted molar refractivity (Wildman–Crippen MR) is 77.0 cm³/mol. The second kappa shape index (κ2) is 4.38. The molecule has 0 saturated carbocycles. The van der Waals surface area contributed by atoms with Crippen molar-refractivity contribution < 1.29 is 5.11 Å². The summed E-state index contributed by atoms with van der Waals surface area (Å²) in [7, 11) is 0. The molecule has 100 valence electrons. The molecule has 0 bridgehead atoms. The number of fused-ring (bicyclic) bond motifs is 1. The summed E-state index contributed by atoms with van der Waals surface area (Å²) in [6.45, 7) is 11.8. The third-order valence-electron chi connectivity index (χ3n) is 4.85. The number of aliphatic hydroxyl groups is 1. The van der Waals surface area contributed by atoms with Gasteiger partial charge in [0, 0.05) is 6.61 Å². The van der Waals surface area contributed by atoms with Crippen LogP contribution in [0.3, 0.4) is 0 Å². The molecule has 1 aliphatic carbocycles. The summed E-state index contributed by atoms with van der Waals surface area (Å²) in [5.41, 5.74) is 4.70. The number of hydrogen-bond donors (Lipinski definition) is 1. The van der Waals surface area contributed by atoms with E-state index in [2.05, 4.69) is 52.8 Å². The van der Waals surface area contributed by atoms with E-state index in [0.717, 1.165) is 12.8 Å². The Kier molecular flexibility index (Phi) is 3.31. The molecule has 0 aliphatic heterocycles. The molecule has 0 heterocycles. The highest BCUT2D eigenvalue weighted by atomic mass is 16.3. The maximum atomic E-state index is 9.32. The van der Waals surface area contributed by atoms with E-state index in [4.69, 9.17) is 0 Å². The maximum Gasteiger partial charge on any atom is 0.0433 e. The largest absolute Gasteiger partial charge is 0.396 e. The van der Waals surface area contributed by atoms with Crippen LogP contribution in [0.5, 0.6) is 0 Å². The number of rotatable bonds is 2. The second-order valence-electron chi connectivity index (χ2n) is 7.07. The summed E-state index contributed by atoms with van der Waals surface area (Å²) in [5.74, 6) is 0.562. The molecule has 1 atom stereocenters. The lowest BCUT2D eigenvalue weighted by Gasteiger charge is -2.48. The minimum Gasteiger partial charge on any atom is -0.396 e. The van der Waals surface area contributed by atoms with Crippen molar-refractivity contribution in [1.82, 2.24) is 0 Å². The van der Waals surface area contributed by atoms with Crippen LogP contribution in [-0.4, -0.2) is 11.7 Å². The summed E-state index contributed by atoms with van der Waals surface area (Å²) < 4.78 is 0. The Morgan fingerprint density at radius 1 is 1.17 bits per heavy atom. The number of aliphatic hydroxyl groups excluding tert-OH is 1. The summed E-state index contributed by atoms with van der Waals surface area (Å²) in [6.07, 6.45) is 2.07. The maximum absolute atomic E-state index is 9.32. The molecule has 1 aliphatic rings. The molecule has 1 aromatic carbocycles. The zero-order valence-corrected chi connectivity index (χ0v) is 12.4. The zero-order valence-electron chi connectivity index (χ0n) is 12.4. The topological polar surface area (TPSA) is 20.2 Å². The molecule has 0 saturated heterocycles. The van der Waals surface area contributed by atoms with Crippen LogP contribution < -0.4 is 0 Å². The molecule has 1 heteroatoms. The Bertz CT molecular complexity index is 443. The van der Waals surface area contributed by atoms with E-state index in [1.54, 1.807) is 0 Å². The van der Waals surface area contributed by atoms with Gasteiger partial charge in [-0.15, -0.1) is 0 Å². The Balaban J connectivity index is 2.57. The quantitative estimate of drug-likeness (QED) is 0.837. The fourth-order valence-corrected chi connectivity index (χ4v) is 3.60. The monoisotopic (exact) mass is 246 g/mol. The summed E-state index contributed by atoms with van der Waals surface area (Å²) in [4.78, 5) is 0. The molecule has 0 amide bonds. The second-order valence-corrected chi connectivity index (χ2v) is 7.07. The van der Waals surface area contributed by atoms with Crippen LogP contribution in [0.2, 0.25) is 0 Å². The number of benzene rings is 1. The highest BCUT2D eigenvalue weighted by Gasteiger charge is 2.43. The molecular formula is C17H26O. The highest BCUT2D eigenvalue weighted by Crippen LogP contribution is 2.50. The van der Waals surface area contributed by atoms with Crippen LogP contribution in [-0.2, 0) is 10.8 Å². The van der Waals surface area contributed by atoms with Gasteiger partial charge in [0.2, 0.25) is 0 Å². The molecule has 1 nitrogen and oxygen atoms in total. The minimum atomic E-state index is 0.166. The first-order chi connectivity index (χ1) is 8.29. The van der Waals surface area contributed by atoms with Crippen molar-refractivity contribution in [3.05, 3.63) is 34.9 Å². The van der Waals surface area contributed by atoms with Gasteiger partial charge in [0.25, 0.3) is 0 Å². The smallest absolute Gasteiger partial charge is 0.0433 e. The van der Waals surface area contributed by atoms with Crippen molar-refractivity contribution in [2.24, 2.45) is 5.92 Å². The van der Waals surface area contributed by atoms with Crippen LogP contribution in [0.15, 0.2) is 18.2 Å². The highest BCUT2D eigenvalue weighted by molar-refractivity contribution is 5.44. The fraction of sp³-hybridized carbons (Fsp3) is 0.647. The summed E-state index contributed by atoms with van der Waals surface area (Å²) >= 11 is 0. The minimum absolute atomic E-state index is 0.166. The van der Waals surface area contributed by atoms with Crippen LogP contribution in [0, 0.1) is 12.8 Å². The van der Waals surface area contributed by atoms with Crippen molar-refractivity contribution in [1.29, 1.82) is 0 Å². The van der Waals surface area contributed by atoms with Crippen LogP contribution in [0.1, 0.15) is 57.2 Å². The fourth-order valence-electron chi connectivity index (χ4n) is 3.60. The third-order valence-corrected chi connectivity index (χ3v) is 4.85. The van der Waals surface area contributed by atoms with Crippen molar-refractivity contribution in [2.45, 2.75) is 58.3 Å². The van der Waals surface area contributed by atoms with E-state index in [0.29, 0.717) is 12.5 Å². The Morgan fingerprint density at radius 2 is 1.83 bits per heavy atom. The Labute approximate surface area is 111 Å². The molecule has 18 heavy (non-hydrogen) atoms. The van der Waals surface area contributed by atoms with Crippen molar-refractivity contribution >= 4 is 0 Å². The van der Waals surface area contributed by atoms with Gasteiger partial charge < -0.3 is 5.11 Å². The van der Waals surface area contributed by atoms with Gasteiger partial charge in [-0.1, -0.05) is 51.5 Å². The average Bonchev–Trinajstić information content (AvgIpc) is 2.26. The molecule has 1 N–H and O–H groups in total. The molecular weight excluding hydrogens is 220 g/mol. The van der Waals surface area contributed by atoms with Crippen LogP contribution in [0.25, 0.3) is 0 Å². The van der Waals surface area contributed by atoms with Crippen molar-refractivity contribution in [3.8, 4) is 0 Å². The summed E-state index contributed by atoms with van der Waals surface area (Å²) in [6, 6.07) is 6.88. The Morgan fingerprint density at radius 3 is 2.44 bits per heavy atom. The number of hydrogen-bond acceptors (Lipinski definition) is 1. The SMILES string of the molecule is Cc1ccc2c(c1)C(C)(C)[C@H](CCO)CC2(C)C. The molecule has 2 rings (SSSR count). The van der Waals surface area contributed by atoms with Gasteiger partial charge in [-0.25, -0.2) is 0 Å². The normalized spacial score (nSPS) is 24.7. The van der Waals surface area contributed by atoms with Crippen molar-refractivity contribution in [3.63, 3.8) is 0 Å². The molecule has 0 fully saturated rings. The van der Waals surface area contributed by atoms with Crippen LogP contribution >= 0.6 is 0 Å². The van der Waals surface area contributed by atoms with E-state index in [-0.39, 0.29) is 10.8 Å². The van der Waals surface area contributed by atoms with E-state index in [9.17, 15) is 5.11 Å². The molecule has 1 aromatic rings. The van der Waals surface area contributed by atoms with E-state index in [1.807, 2.05) is 0 Å². The number of aryl methyl sites for hydroxylation is 1. The van der Waals surface area contributed by atoms with Gasteiger partial charge in [-0.3, -0.25) is 0 Å². The first kappa shape index (κ1) is 13.6. The van der Waals surface area contributed by atoms with Crippen LogP contribution in [0.4, 0.5) is 0 Å². The molecule has 0 aromatic heterocycles. The van der Waals surface area contributed by atoms with E-state index < -0.39 is 0 Å². The lowest BCUT2D eigenvalue weighted by Crippen LogP contribution is -2.42. The summed E-state index contributed by atoms with van der Waals surface area (Å²) in [5, 5.41) is 9.32. The first-order valence-electron chi connectivity index (χ1n) is 7.01. The van der Waals surface area contributed by atoms with Gasteiger partial charge in [-0.05, 0) is 47.6 Å². The Hall–Kier alpha value is -0.820. The van der Waals surface area contributed by atoms with Crippen molar-refractivity contribution in [2.75, 3.05) is 6.61 Å². The first-order valence-corrected chi connectivity index (χ1v) is 7.01. The lowest BCUT2D eigenvalue weighted by atomic mass is 9.57.